The van der Waals surface area contributed by atoms with Crippen LogP contribution in [-0.2, 0) is 10.5 Å². The molecule has 0 radical (unpaired) electrons. The van der Waals surface area contributed by atoms with Crippen molar-refractivity contribution in [3.8, 4) is 0 Å². The lowest BCUT2D eigenvalue weighted by Gasteiger charge is -2.14. The van der Waals surface area contributed by atoms with Gasteiger partial charge in [0.05, 0.1) is 12.3 Å². The van der Waals surface area contributed by atoms with E-state index in [0.717, 1.165) is 5.56 Å². The second kappa shape index (κ2) is 7.49. The molecule has 3 nitrogen and oxygen atoms in total. The molecule has 1 aromatic carbocycles. The van der Waals surface area contributed by atoms with Crippen molar-refractivity contribution in [3.63, 3.8) is 0 Å². The van der Waals surface area contributed by atoms with Gasteiger partial charge in [-0.25, -0.2) is 4.39 Å². The van der Waals surface area contributed by atoms with E-state index in [1.54, 1.807) is 12.1 Å². The highest BCUT2D eigenvalue weighted by molar-refractivity contribution is 7.99. The van der Waals surface area contributed by atoms with Gasteiger partial charge in [-0.2, -0.15) is 13.2 Å². The fraction of sp³-hybridized carbons (Fsp3) is 0.417. The lowest BCUT2D eigenvalue weighted by molar-refractivity contribution is -0.201. The van der Waals surface area contributed by atoms with Crippen LogP contribution in [0.2, 0.25) is 0 Å². The molecule has 1 unspecified atom stereocenters. The molecule has 1 rings (SSSR count). The maximum absolute atomic E-state index is 12.6. The van der Waals surface area contributed by atoms with Crippen LogP contribution in [0.5, 0.6) is 0 Å². The minimum Gasteiger partial charge on any atom is -0.382 e. The lowest BCUT2D eigenvalue weighted by atomic mass is 10.2. The minimum atomic E-state index is -4.74. The summed E-state index contributed by atoms with van der Waals surface area (Å²) in [5, 5.41) is 10.7. The summed E-state index contributed by atoms with van der Waals surface area (Å²) in [5.41, 5.74) is 0.805. The van der Waals surface area contributed by atoms with Gasteiger partial charge in [-0.15, -0.1) is 11.8 Å². The first kappa shape index (κ1) is 16.8. The molecule has 20 heavy (non-hydrogen) atoms. The molecule has 2 N–H and O–H groups in total. The highest BCUT2D eigenvalue weighted by Crippen LogP contribution is 2.19. The molecule has 1 atom stereocenters. The molecule has 0 aliphatic carbocycles. The Kier molecular flexibility index (Phi) is 6.28. The number of carbonyl (C=O) groups excluding carboxylic acids is 1. The summed E-state index contributed by atoms with van der Waals surface area (Å²) >= 11 is 1.18. The quantitative estimate of drug-likeness (QED) is 0.791. The third-order valence-electron chi connectivity index (χ3n) is 2.29. The van der Waals surface area contributed by atoms with Crippen LogP contribution in [0, 0.1) is 5.82 Å². The van der Waals surface area contributed by atoms with E-state index in [1.165, 1.54) is 23.9 Å². The number of aliphatic hydroxyl groups excluding tert-OH is 1. The first-order valence-corrected chi connectivity index (χ1v) is 6.78. The van der Waals surface area contributed by atoms with Crippen LogP contribution < -0.4 is 5.32 Å². The Hall–Kier alpha value is -1.28. The number of alkyl halides is 3. The van der Waals surface area contributed by atoms with Crippen molar-refractivity contribution in [1.29, 1.82) is 0 Å². The lowest BCUT2D eigenvalue weighted by Crippen LogP contribution is -2.41. The monoisotopic (exact) mass is 311 g/mol. The minimum absolute atomic E-state index is 0.0397. The maximum Gasteiger partial charge on any atom is 0.416 e. The molecule has 0 bridgehead atoms. The number of carbonyl (C=O) groups is 1. The fourth-order valence-electron chi connectivity index (χ4n) is 1.22. The second-order valence-electron chi connectivity index (χ2n) is 3.98. The summed E-state index contributed by atoms with van der Waals surface area (Å²) < 4.78 is 48.5. The van der Waals surface area contributed by atoms with Crippen LogP contribution in [0.1, 0.15) is 5.56 Å². The van der Waals surface area contributed by atoms with Crippen LogP contribution in [0.25, 0.3) is 0 Å². The number of nitrogens with one attached hydrogen (secondary N) is 1. The predicted molar refractivity (Wildman–Crippen MR) is 67.6 cm³/mol. The van der Waals surface area contributed by atoms with Gasteiger partial charge < -0.3 is 10.4 Å². The van der Waals surface area contributed by atoms with Crippen LogP contribution in [-0.4, -0.2) is 35.6 Å². The molecule has 1 aromatic rings. The summed E-state index contributed by atoms with van der Waals surface area (Å²) in [6, 6.07) is 5.70. The van der Waals surface area contributed by atoms with E-state index >= 15 is 0 Å². The van der Waals surface area contributed by atoms with Gasteiger partial charge in [-0.3, -0.25) is 4.79 Å². The van der Waals surface area contributed by atoms with Crippen molar-refractivity contribution in [2.45, 2.75) is 18.0 Å². The van der Waals surface area contributed by atoms with Gasteiger partial charge in [-0.05, 0) is 17.7 Å². The standard InChI is InChI=1S/C12H13F4NO2S/c13-9-3-1-8(2-4-9)6-20-7-11(19)17-5-10(18)12(14,15)16/h1-4,10,18H,5-7H2,(H,17,19). The molecular formula is C12H13F4NO2S. The number of rotatable bonds is 6. The summed E-state index contributed by atoms with van der Waals surface area (Å²) in [6.07, 6.45) is -7.30. The van der Waals surface area contributed by atoms with Crippen molar-refractivity contribution >= 4 is 17.7 Å². The van der Waals surface area contributed by atoms with Gasteiger partial charge >= 0.3 is 6.18 Å². The molecule has 0 heterocycles. The maximum atomic E-state index is 12.6. The Labute approximate surface area is 117 Å². The Morgan fingerprint density at radius 2 is 1.90 bits per heavy atom. The van der Waals surface area contributed by atoms with Gasteiger partial charge in [0.15, 0.2) is 6.10 Å². The van der Waals surface area contributed by atoms with Crippen molar-refractivity contribution in [3.05, 3.63) is 35.6 Å². The van der Waals surface area contributed by atoms with Crippen LogP contribution in [0.15, 0.2) is 24.3 Å². The zero-order chi connectivity index (χ0) is 15.2. The first-order valence-electron chi connectivity index (χ1n) is 5.62. The van der Waals surface area contributed by atoms with Crippen molar-refractivity contribution < 1.29 is 27.5 Å². The summed E-state index contributed by atoms with van der Waals surface area (Å²) in [5.74, 6) is -0.560. The number of amides is 1. The topological polar surface area (TPSA) is 49.3 Å². The number of thioether (sulfide) groups is 1. The van der Waals surface area contributed by atoms with Crippen molar-refractivity contribution in [2.75, 3.05) is 12.3 Å². The zero-order valence-electron chi connectivity index (χ0n) is 10.3. The van der Waals surface area contributed by atoms with E-state index in [4.69, 9.17) is 5.11 Å². The zero-order valence-corrected chi connectivity index (χ0v) is 11.1. The van der Waals surface area contributed by atoms with E-state index in [1.807, 2.05) is 5.32 Å². The van der Waals surface area contributed by atoms with Crippen molar-refractivity contribution in [2.24, 2.45) is 0 Å². The molecular weight excluding hydrogens is 298 g/mol. The molecule has 0 fully saturated rings. The molecule has 112 valence electrons. The first-order chi connectivity index (χ1) is 9.29. The number of aliphatic hydroxyl groups is 1. The van der Waals surface area contributed by atoms with Gasteiger partial charge in [0, 0.05) is 5.75 Å². The van der Waals surface area contributed by atoms with Gasteiger partial charge in [-0.1, -0.05) is 12.1 Å². The van der Waals surface area contributed by atoms with E-state index in [2.05, 4.69) is 0 Å². The van der Waals surface area contributed by atoms with E-state index in [0.29, 0.717) is 5.75 Å². The SMILES string of the molecule is O=C(CSCc1ccc(F)cc1)NCC(O)C(F)(F)F. The molecule has 0 aliphatic heterocycles. The predicted octanol–water partition coefficient (Wildman–Crippen LogP) is 2.10. The van der Waals surface area contributed by atoms with Gasteiger partial charge in [0.25, 0.3) is 0 Å². The van der Waals surface area contributed by atoms with Crippen LogP contribution in [0.3, 0.4) is 0 Å². The largest absolute Gasteiger partial charge is 0.416 e. The molecule has 0 aliphatic rings. The van der Waals surface area contributed by atoms with Crippen LogP contribution in [0.4, 0.5) is 17.6 Å². The summed E-state index contributed by atoms with van der Waals surface area (Å²) in [4.78, 5) is 11.2. The fourth-order valence-corrected chi connectivity index (χ4v) is 2.04. The van der Waals surface area contributed by atoms with E-state index in [-0.39, 0.29) is 11.6 Å². The van der Waals surface area contributed by atoms with E-state index < -0.39 is 24.7 Å². The Bertz CT molecular complexity index is 436. The van der Waals surface area contributed by atoms with Crippen molar-refractivity contribution in [1.82, 2.24) is 5.32 Å². The highest BCUT2D eigenvalue weighted by Gasteiger charge is 2.38. The molecule has 0 saturated carbocycles. The normalized spacial score (nSPS) is 13.1. The van der Waals surface area contributed by atoms with E-state index in [9.17, 15) is 22.4 Å². The van der Waals surface area contributed by atoms with Gasteiger partial charge in [0.1, 0.15) is 5.82 Å². The average molecular weight is 311 g/mol. The molecule has 1 amide bonds. The number of benzene rings is 1. The smallest absolute Gasteiger partial charge is 0.382 e. The van der Waals surface area contributed by atoms with Crippen LogP contribution >= 0.6 is 11.8 Å². The Morgan fingerprint density at radius 1 is 1.30 bits per heavy atom. The van der Waals surface area contributed by atoms with Gasteiger partial charge in [0.2, 0.25) is 5.91 Å². The molecule has 0 aromatic heterocycles. The molecule has 0 saturated heterocycles. The molecule has 8 heteroatoms. The highest BCUT2D eigenvalue weighted by atomic mass is 32.2. The Morgan fingerprint density at radius 3 is 2.45 bits per heavy atom. The summed E-state index contributed by atoms with van der Waals surface area (Å²) in [6.45, 7) is -0.862. The summed E-state index contributed by atoms with van der Waals surface area (Å²) in [7, 11) is 0. The molecule has 0 spiro atoms. The average Bonchev–Trinajstić information content (AvgIpc) is 2.37. The number of halogens is 4. The number of hydrogen-bond donors (Lipinski definition) is 2. The Balaban J connectivity index is 2.22. The third kappa shape index (κ3) is 6.25. The number of hydrogen-bond acceptors (Lipinski definition) is 3. The third-order valence-corrected chi connectivity index (χ3v) is 3.29. The second-order valence-corrected chi connectivity index (χ2v) is 4.97.